The highest BCUT2D eigenvalue weighted by Gasteiger charge is 2.11. The molecule has 0 atom stereocenters. The van der Waals surface area contributed by atoms with Gasteiger partial charge in [-0.3, -0.25) is 15.6 Å². The molecule has 0 unspecified atom stereocenters. The standard InChI is InChI=1S/C7H5N3O2.H4NO2P/c11-10(12)6-3-1-2-5-7(6)9-4-8-5;1-4(2)3/h1-4H,(H,8,9);2-3H,1H2. The third-order valence-electron chi connectivity index (χ3n) is 1.63. The van der Waals surface area contributed by atoms with Gasteiger partial charge in [0.25, 0.3) is 5.69 Å². The monoisotopic (exact) mass is 244 g/mol. The fourth-order valence-electron chi connectivity index (χ4n) is 1.10. The number of benzene rings is 1. The van der Waals surface area contributed by atoms with Crippen LogP contribution in [-0.4, -0.2) is 24.7 Å². The number of nitrogens with two attached hydrogens (primary N) is 1. The van der Waals surface area contributed by atoms with Gasteiger partial charge in [0, 0.05) is 6.07 Å². The molecule has 5 N–H and O–H groups in total. The number of H-pyrrole nitrogens is 1. The van der Waals surface area contributed by atoms with Crippen LogP contribution in [0.15, 0.2) is 24.5 Å². The van der Waals surface area contributed by atoms with Crippen LogP contribution in [0.3, 0.4) is 0 Å². The molecule has 1 heterocycles. The van der Waals surface area contributed by atoms with Crippen molar-refractivity contribution in [2.45, 2.75) is 0 Å². The number of nitro groups is 1. The van der Waals surface area contributed by atoms with Crippen molar-refractivity contribution in [1.29, 1.82) is 0 Å². The van der Waals surface area contributed by atoms with Crippen LogP contribution < -0.4 is 5.50 Å². The molecule has 0 aliphatic rings. The number of rotatable bonds is 1. The van der Waals surface area contributed by atoms with E-state index >= 15 is 0 Å². The Morgan fingerprint density at radius 3 is 2.69 bits per heavy atom. The van der Waals surface area contributed by atoms with E-state index in [-0.39, 0.29) is 5.69 Å². The number of nitro benzene ring substituents is 1. The zero-order chi connectivity index (χ0) is 12.1. The smallest absolute Gasteiger partial charge is 0.297 e. The summed E-state index contributed by atoms with van der Waals surface area (Å²) >= 11 is 0. The number of hydrogen-bond acceptors (Lipinski definition) is 6. The first kappa shape index (κ1) is 12.5. The van der Waals surface area contributed by atoms with Crippen LogP contribution in [0.2, 0.25) is 0 Å². The highest BCUT2D eigenvalue weighted by atomic mass is 31.2. The summed E-state index contributed by atoms with van der Waals surface area (Å²) in [6, 6.07) is 4.80. The van der Waals surface area contributed by atoms with Crippen molar-refractivity contribution in [3.05, 3.63) is 34.6 Å². The van der Waals surface area contributed by atoms with Crippen molar-refractivity contribution in [3.8, 4) is 0 Å². The lowest BCUT2D eigenvalue weighted by Crippen LogP contribution is -1.88. The molecule has 1 aromatic heterocycles. The number of nitrogens with one attached hydrogen (secondary N) is 1. The van der Waals surface area contributed by atoms with Crippen LogP contribution in [0, 0.1) is 10.1 Å². The predicted molar refractivity (Wildman–Crippen MR) is 58.3 cm³/mol. The van der Waals surface area contributed by atoms with Crippen LogP contribution in [0.4, 0.5) is 5.69 Å². The summed E-state index contributed by atoms with van der Waals surface area (Å²) in [5.41, 5.74) is 5.41. The summed E-state index contributed by atoms with van der Waals surface area (Å²) in [4.78, 5) is 31.6. The number of hydrogen-bond donors (Lipinski definition) is 4. The lowest BCUT2D eigenvalue weighted by molar-refractivity contribution is -0.383. The quantitative estimate of drug-likeness (QED) is 0.329. The summed E-state index contributed by atoms with van der Waals surface area (Å²) in [6.45, 7) is 0. The topological polar surface area (TPSA) is 138 Å². The highest BCUT2D eigenvalue weighted by molar-refractivity contribution is 7.42. The lowest BCUT2D eigenvalue weighted by atomic mass is 10.3. The lowest BCUT2D eigenvalue weighted by Gasteiger charge is -1.90. The molecule has 0 aliphatic carbocycles. The molecule has 16 heavy (non-hydrogen) atoms. The highest BCUT2D eigenvalue weighted by Crippen LogP contribution is 2.21. The first-order valence-electron chi connectivity index (χ1n) is 4.01. The summed E-state index contributed by atoms with van der Waals surface area (Å²) in [7, 11) is -2.12. The Kier molecular flexibility index (Phi) is 4.27. The Hall–Kier alpha value is -1.60. The summed E-state index contributed by atoms with van der Waals surface area (Å²) < 4.78 is 0. The minimum atomic E-state index is -2.12. The Bertz CT molecular complexity index is 483. The number of non-ortho nitro benzene ring substituents is 1. The molecule has 0 amide bonds. The maximum Gasteiger partial charge on any atom is 0.297 e. The van der Waals surface area contributed by atoms with E-state index in [0.29, 0.717) is 11.0 Å². The third kappa shape index (κ3) is 3.21. The number of aromatic nitrogens is 2. The molecule has 2 aromatic rings. The van der Waals surface area contributed by atoms with E-state index in [1.54, 1.807) is 12.1 Å². The van der Waals surface area contributed by atoms with Gasteiger partial charge in [-0.2, -0.15) is 0 Å². The van der Waals surface area contributed by atoms with E-state index in [0.717, 1.165) is 0 Å². The summed E-state index contributed by atoms with van der Waals surface area (Å²) in [6.07, 6.45) is 1.44. The van der Waals surface area contributed by atoms with Crippen molar-refractivity contribution in [1.82, 2.24) is 9.97 Å². The number of nitrogens with zero attached hydrogens (tertiary/aromatic N) is 2. The minimum Gasteiger partial charge on any atom is -0.344 e. The number of imidazole rings is 1. The van der Waals surface area contributed by atoms with Crippen LogP contribution in [-0.2, 0) is 0 Å². The van der Waals surface area contributed by atoms with Crippen molar-refractivity contribution >= 4 is 25.2 Å². The van der Waals surface area contributed by atoms with Crippen LogP contribution in [0.5, 0.6) is 0 Å². The van der Waals surface area contributed by atoms with Gasteiger partial charge in [0.05, 0.1) is 16.8 Å². The molecule has 2 rings (SSSR count). The SMILES string of the molecule is NP(O)O.O=[N+]([O-])c1cccc2[nH]cnc12. The zero-order valence-electron chi connectivity index (χ0n) is 7.94. The second kappa shape index (κ2) is 5.47. The third-order valence-corrected chi connectivity index (χ3v) is 1.63. The van der Waals surface area contributed by atoms with Gasteiger partial charge in [-0.15, -0.1) is 0 Å². The maximum atomic E-state index is 10.5. The Morgan fingerprint density at radius 2 is 2.12 bits per heavy atom. The normalized spacial score (nSPS) is 10.0. The first-order valence-corrected chi connectivity index (χ1v) is 5.33. The van der Waals surface area contributed by atoms with Crippen LogP contribution in [0.25, 0.3) is 11.0 Å². The van der Waals surface area contributed by atoms with E-state index in [2.05, 4.69) is 15.5 Å². The molecule has 86 valence electrons. The van der Waals surface area contributed by atoms with Crippen LogP contribution in [0.1, 0.15) is 0 Å². The van der Waals surface area contributed by atoms with E-state index < -0.39 is 13.4 Å². The molecule has 0 bridgehead atoms. The van der Waals surface area contributed by atoms with E-state index in [4.69, 9.17) is 9.79 Å². The fraction of sp³-hybridized carbons (Fsp3) is 0. The number of para-hydroxylation sites is 1. The van der Waals surface area contributed by atoms with Gasteiger partial charge in [-0.25, -0.2) is 4.98 Å². The number of fused-ring (bicyclic) bond motifs is 1. The van der Waals surface area contributed by atoms with Crippen molar-refractivity contribution < 1.29 is 14.7 Å². The molecule has 0 radical (unpaired) electrons. The number of aromatic amines is 1. The van der Waals surface area contributed by atoms with Gasteiger partial charge >= 0.3 is 0 Å². The van der Waals surface area contributed by atoms with Crippen molar-refractivity contribution in [3.63, 3.8) is 0 Å². The van der Waals surface area contributed by atoms with Gasteiger partial charge in [0.2, 0.25) is 8.53 Å². The molecular formula is C7H9N4O4P. The summed E-state index contributed by atoms with van der Waals surface area (Å²) in [5, 5.41) is 10.5. The Labute approximate surface area is 90.9 Å². The molecule has 0 aliphatic heterocycles. The van der Waals surface area contributed by atoms with E-state index in [1.165, 1.54) is 12.4 Å². The molecular weight excluding hydrogens is 235 g/mol. The molecule has 0 fully saturated rings. The maximum absolute atomic E-state index is 10.5. The Morgan fingerprint density at radius 1 is 1.50 bits per heavy atom. The zero-order valence-corrected chi connectivity index (χ0v) is 8.83. The molecule has 0 saturated carbocycles. The fourth-order valence-corrected chi connectivity index (χ4v) is 1.10. The van der Waals surface area contributed by atoms with Gasteiger partial charge in [-0.1, -0.05) is 6.07 Å². The van der Waals surface area contributed by atoms with Gasteiger partial charge in [0.15, 0.2) is 5.52 Å². The summed E-state index contributed by atoms with van der Waals surface area (Å²) in [5.74, 6) is 0. The van der Waals surface area contributed by atoms with E-state index in [1.807, 2.05) is 0 Å². The second-order valence-corrected chi connectivity index (χ2v) is 3.29. The van der Waals surface area contributed by atoms with Gasteiger partial charge in [-0.05, 0) is 6.07 Å². The van der Waals surface area contributed by atoms with E-state index in [9.17, 15) is 10.1 Å². The van der Waals surface area contributed by atoms with Crippen molar-refractivity contribution in [2.75, 3.05) is 0 Å². The molecule has 0 saturated heterocycles. The van der Waals surface area contributed by atoms with Crippen molar-refractivity contribution in [2.24, 2.45) is 5.50 Å². The second-order valence-electron chi connectivity index (χ2n) is 2.65. The molecule has 8 nitrogen and oxygen atoms in total. The Balaban J connectivity index is 0.000000280. The minimum absolute atomic E-state index is 0.0359. The van der Waals surface area contributed by atoms with Gasteiger partial charge < -0.3 is 14.8 Å². The molecule has 9 heteroatoms. The first-order chi connectivity index (χ1) is 7.52. The average Bonchev–Trinajstić information content (AvgIpc) is 2.63. The van der Waals surface area contributed by atoms with Gasteiger partial charge in [0.1, 0.15) is 0 Å². The predicted octanol–water partition coefficient (Wildman–Crippen LogP) is 0.628. The average molecular weight is 244 g/mol. The molecule has 0 spiro atoms. The largest absolute Gasteiger partial charge is 0.344 e. The van der Waals surface area contributed by atoms with Crippen LogP contribution >= 0.6 is 8.53 Å². The molecule has 1 aromatic carbocycles.